The number of carbonyl (C=O) groups excluding carboxylic acids is 1. The molecule has 0 radical (unpaired) electrons. The number of hydrogen-bond acceptors (Lipinski definition) is 2. The van der Waals surface area contributed by atoms with Crippen molar-refractivity contribution in [2.24, 2.45) is 11.7 Å². The Bertz CT molecular complexity index is 490. The van der Waals surface area contributed by atoms with E-state index in [2.05, 4.69) is 47.2 Å². The molecule has 0 bridgehead atoms. The first-order valence-electron chi connectivity index (χ1n) is 7.67. The zero-order chi connectivity index (χ0) is 15.5. The highest BCUT2D eigenvalue weighted by Crippen LogP contribution is 2.27. The molecule has 1 aromatic rings. The maximum atomic E-state index is 12.1. The monoisotopic (exact) mass is 388 g/mol. The molecule has 22 heavy (non-hydrogen) atoms. The molecule has 0 aliphatic heterocycles. The third-order valence-corrected chi connectivity index (χ3v) is 5.05. The fraction of sp³-hybridized carbons (Fsp3) is 0.588. The third kappa shape index (κ3) is 5.25. The second-order valence-electron chi connectivity index (χ2n) is 6.73. The molecule has 124 valence electrons. The van der Waals surface area contributed by atoms with Crippen molar-refractivity contribution in [3.05, 3.63) is 34.3 Å². The SMILES string of the molecule is CC(C)(CNC(=O)C[C@@H]1CCC[C@H]1N)c1ccc(Br)cc1.Cl. The van der Waals surface area contributed by atoms with Crippen LogP contribution in [-0.2, 0) is 10.2 Å². The van der Waals surface area contributed by atoms with Gasteiger partial charge in [-0.1, -0.05) is 48.3 Å². The maximum absolute atomic E-state index is 12.1. The van der Waals surface area contributed by atoms with Gasteiger partial charge in [0, 0.05) is 28.9 Å². The lowest BCUT2D eigenvalue weighted by Crippen LogP contribution is -2.38. The normalized spacial score (nSPS) is 21.3. The van der Waals surface area contributed by atoms with Crippen LogP contribution in [0.5, 0.6) is 0 Å². The smallest absolute Gasteiger partial charge is 0.220 e. The number of hydrogen-bond donors (Lipinski definition) is 2. The van der Waals surface area contributed by atoms with Crippen LogP contribution in [0.15, 0.2) is 28.7 Å². The zero-order valence-electron chi connectivity index (χ0n) is 13.3. The van der Waals surface area contributed by atoms with E-state index in [0.717, 1.165) is 23.7 Å². The van der Waals surface area contributed by atoms with Gasteiger partial charge in [-0.25, -0.2) is 0 Å². The molecular formula is C17H26BrClN2O. The van der Waals surface area contributed by atoms with Gasteiger partial charge in [-0.15, -0.1) is 12.4 Å². The van der Waals surface area contributed by atoms with Crippen molar-refractivity contribution in [3.63, 3.8) is 0 Å². The average Bonchev–Trinajstić information content (AvgIpc) is 2.83. The molecule has 1 saturated carbocycles. The van der Waals surface area contributed by atoms with Gasteiger partial charge in [-0.2, -0.15) is 0 Å². The molecule has 0 unspecified atom stereocenters. The van der Waals surface area contributed by atoms with Gasteiger partial charge in [-0.05, 0) is 36.5 Å². The molecule has 0 heterocycles. The van der Waals surface area contributed by atoms with E-state index in [4.69, 9.17) is 5.73 Å². The van der Waals surface area contributed by atoms with E-state index in [1.54, 1.807) is 0 Å². The summed E-state index contributed by atoms with van der Waals surface area (Å²) in [6.45, 7) is 4.95. The van der Waals surface area contributed by atoms with Crippen LogP contribution < -0.4 is 11.1 Å². The van der Waals surface area contributed by atoms with E-state index in [9.17, 15) is 4.79 Å². The first kappa shape index (κ1) is 19.5. The van der Waals surface area contributed by atoms with Crippen molar-refractivity contribution < 1.29 is 4.79 Å². The fourth-order valence-corrected chi connectivity index (χ4v) is 3.22. The Kier molecular flexibility index (Phi) is 7.36. The summed E-state index contributed by atoms with van der Waals surface area (Å²) in [6, 6.07) is 8.48. The van der Waals surface area contributed by atoms with E-state index in [1.165, 1.54) is 5.56 Å². The minimum atomic E-state index is -0.0752. The number of carbonyl (C=O) groups is 1. The number of nitrogens with one attached hydrogen (secondary N) is 1. The molecule has 0 spiro atoms. The fourth-order valence-electron chi connectivity index (χ4n) is 2.95. The molecule has 2 rings (SSSR count). The molecule has 1 aliphatic rings. The van der Waals surface area contributed by atoms with Crippen molar-refractivity contribution in [2.75, 3.05) is 6.54 Å². The van der Waals surface area contributed by atoms with Crippen LogP contribution in [0.3, 0.4) is 0 Å². The van der Waals surface area contributed by atoms with E-state index in [0.29, 0.717) is 18.9 Å². The number of nitrogens with two attached hydrogens (primary N) is 1. The molecule has 0 aromatic heterocycles. The molecule has 0 saturated heterocycles. The summed E-state index contributed by atoms with van der Waals surface area (Å²) in [7, 11) is 0. The van der Waals surface area contributed by atoms with Crippen molar-refractivity contribution in [2.45, 2.75) is 51.0 Å². The van der Waals surface area contributed by atoms with Gasteiger partial charge in [0.25, 0.3) is 0 Å². The summed E-state index contributed by atoms with van der Waals surface area (Å²) in [5.41, 5.74) is 7.18. The zero-order valence-corrected chi connectivity index (χ0v) is 15.7. The van der Waals surface area contributed by atoms with Gasteiger partial charge >= 0.3 is 0 Å². The molecule has 1 aliphatic carbocycles. The highest BCUT2D eigenvalue weighted by atomic mass is 79.9. The van der Waals surface area contributed by atoms with Crippen LogP contribution >= 0.6 is 28.3 Å². The standard InChI is InChI=1S/C17H25BrN2O.ClH/c1-17(2,13-6-8-14(18)9-7-13)11-20-16(21)10-12-4-3-5-15(12)19;/h6-9,12,15H,3-5,10-11,19H2,1-2H3,(H,20,21);1H/t12-,15+;/m0./s1. The van der Waals surface area contributed by atoms with Crippen LogP contribution in [0.25, 0.3) is 0 Å². The Hall–Kier alpha value is -0.580. The molecule has 2 atom stereocenters. The quantitative estimate of drug-likeness (QED) is 0.805. The van der Waals surface area contributed by atoms with Crippen LogP contribution in [0.4, 0.5) is 0 Å². The van der Waals surface area contributed by atoms with Crippen LogP contribution in [-0.4, -0.2) is 18.5 Å². The van der Waals surface area contributed by atoms with E-state index < -0.39 is 0 Å². The van der Waals surface area contributed by atoms with Crippen LogP contribution in [0.2, 0.25) is 0 Å². The minimum Gasteiger partial charge on any atom is -0.355 e. The molecule has 3 N–H and O–H groups in total. The Labute approximate surface area is 148 Å². The number of amides is 1. The van der Waals surface area contributed by atoms with Crippen LogP contribution in [0.1, 0.15) is 45.1 Å². The summed E-state index contributed by atoms with van der Waals surface area (Å²) < 4.78 is 1.07. The van der Waals surface area contributed by atoms with Gasteiger partial charge in [-0.3, -0.25) is 4.79 Å². The Balaban J connectivity index is 0.00000242. The maximum Gasteiger partial charge on any atom is 0.220 e. The largest absolute Gasteiger partial charge is 0.355 e. The van der Waals surface area contributed by atoms with Crippen molar-refractivity contribution in [1.82, 2.24) is 5.32 Å². The molecule has 1 aromatic carbocycles. The highest BCUT2D eigenvalue weighted by Gasteiger charge is 2.27. The summed E-state index contributed by atoms with van der Waals surface area (Å²) in [5.74, 6) is 0.489. The van der Waals surface area contributed by atoms with Gasteiger partial charge in [0.2, 0.25) is 5.91 Å². The van der Waals surface area contributed by atoms with E-state index >= 15 is 0 Å². The van der Waals surface area contributed by atoms with Gasteiger partial charge in [0.15, 0.2) is 0 Å². The highest BCUT2D eigenvalue weighted by molar-refractivity contribution is 9.10. The van der Waals surface area contributed by atoms with E-state index in [1.807, 2.05) is 12.1 Å². The first-order valence-corrected chi connectivity index (χ1v) is 8.46. The molecule has 1 fully saturated rings. The Morgan fingerprint density at radius 2 is 1.95 bits per heavy atom. The summed E-state index contributed by atoms with van der Waals surface area (Å²) in [6.07, 6.45) is 3.87. The summed E-state index contributed by atoms with van der Waals surface area (Å²) >= 11 is 3.45. The lowest BCUT2D eigenvalue weighted by atomic mass is 9.84. The number of halogens is 2. The van der Waals surface area contributed by atoms with Gasteiger partial charge in [0.05, 0.1) is 0 Å². The molecular weight excluding hydrogens is 364 g/mol. The molecule has 1 amide bonds. The molecule has 5 heteroatoms. The number of rotatable bonds is 5. The third-order valence-electron chi connectivity index (χ3n) is 4.52. The van der Waals surface area contributed by atoms with E-state index in [-0.39, 0.29) is 29.8 Å². The van der Waals surface area contributed by atoms with Crippen molar-refractivity contribution >= 4 is 34.2 Å². The predicted octanol–water partition coefficient (Wildman–Crippen LogP) is 3.78. The van der Waals surface area contributed by atoms with Crippen molar-refractivity contribution in [3.8, 4) is 0 Å². The second-order valence-corrected chi connectivity index (χ2v) is 7.64. The number of benzene rings is 1. The van der Waals surface area contributed by atoms with Gasteiger partial charge in [0.1, 0.15) is 0 Å². The first-order chi connectivity index (χ1) is 9.88. The summed E-state index contributed by atoms with van der Waals surface area (Å²) in [4.78, 5) is 12.1. The lowest BCUT2D eigenvalue weighted by Gasteiger charge is -2.26. The van der Waals surface area contributed by atoms with Crippen LogP contribution in [0, 0.1) is 5.92 Å². The lowest BCUT2D eigenvalue weighted by molar-refractivity contribution is -0.122. The second kappa shape index (κ2) is 8.32. The Morgan fingerprint density at radius 1 is 1.32 bits per heavy atom. The van der Waals surface area contributed by atoms with Gasteiger partial charge < -0.3 is 11.1 Å². The average molecular weight is 390 g/mol. The summed E-state index contributed by atoms with van der Waals surface area (Å²) in [5, 5.41) is 3.08. The minimum absolute atomic E-state index is 0. The molecule has 3 nitrogen and oxygen atoms in total. The Morgan fingerprint density at radius 3 is 2.50 bits per heavy atom. The predicted molar refractivity (Wildman–Crippen MR) is 97.4 cm³/mol. The van der Waals surface area contributed by atoms with Crippen molar-refractivity contribution in [1.29, 1.82) is 0 Å². The topological polar surface area (TPSA) is 55.1 Å².